The van der Waals surface area contributed by atoms with Gasteiger partial charge in [-0.15, -0.1) is 0 Å². The van der Waals surface area contributed by atoms with Crippen molar-refractivity contribution in [3.63, 3.8) is 0 Å². The van der Waals surface area contributed by atoms with Gasteiger partial charge in [-0.05, 0) is 39.7 Å². The lowest BCUT2D eigenvalue weighted by atomic mass is 10.2. The minimum Gasteiger partial charge on any atom is -0.489 e. The number of benzene rings is 1. The molecule has 0 aliphatic heterocycles. The standard InChI is InChI=1S/C13H13BrN2O/c14-12-5-11(7-16-8-12)9-17-13-3-1-10(6-15)2-4-13/h1-5,7-8H,6,9,15H2. The average molecular weight is 293 g/mol. The second-order valence-corrected chi connectivity index (χ2v) is 4.56. The Morgan fingerprint density at radius 2 is 1.88 bits per heavy atom. The van der Waals surface area contributed by atoms with Gasteiger partial charge in [-0.1, -0.05) is 12.1 Å². The van der Waals surface area contributed by atoms with Gasteiger partial charge in [0.05, 0.1) is 0 Å². The largest absolute Gasteiger partial charge is 0.489 e. The molecule has 2 N–H and O–H groups in total. The van der Waals surface area contributed by atoms with E-state index in [1.54, 1.807) is 12.4 Å². The maximum absolute atomic E-state index is 5.64. The van der Waals surface area contributed by atoms with Crippen molar-refractivity contribution in [1.29, 1.82) is 0 Å². The molecule has 0 unspecified atom stereocenters. The highest BCUT2D eigenvalue weighted by Crippen LogP contribution is 2.15. The number of nitrogens with zero attached hydrogens (tertiary/aromatic N) is 1. The highest BCUT2D eigenvalue weighted by molar-refractivity contribution is 9.10. The Morgan fingerprint density at radius 1 is 1.12 bits per heavy atom. The van der Waals surface area contributed by atoms with E-state index < -0.39 is 0 Å². The van der Waals surface area contributed by atoms with E-state index in [1.165, 1.54) is 0 Å². The zero-order valence-electron chi connectivity index (χ0n) is 9.27. The maximum atomic E-state index is 5.64. The van der Waals surface area contributed by atoms with Crippen molar-refractivity contribution < 1.29 is 4.74 Å². The Balaban J connectivity index is 1.97. The lowest BCUT2D eigenvalue weighted by molar-refractivity contribution is 0.305. The third kappa shape index (κ3) is 3.54. The summed E-state index contributed by atoms with van der Waals surface area (Å²) in [5.74, 6) is 0.835. The fraction of sp³-hybridized carbons (Fsp3) is 0.154. The van der Waals surface area contributed by atoms with E-state index in [-0.39, 0.29) is 0 Å². The van der Waals surface area contributed by atoms with Crippen LogP contribution in [-0.4, -0.2) is 4.98 Å². The van der Waals surface area contributed by atoms with Crippen LogP contribution in [0.4, 0.5) is 0 Å². The molecule has 2 aromatic rings. The highest BCUT2D eigenvalue weighted by atomic mass is 79.9. The number of nitrogens with two attached hydrogens (primary N) is 1. The summed E-state index contributed by atoms with van der Waals surface area (Å²) >= 11 is 3.38. The summed E-state index contributed by atoms with van der Waals surface area (Å²) in [6.07, 6.45) is 3.54. The Kier molecular flexibility index (Phi) is 4.12. The predicted octanol–water partition coefficient (Wildman–Crippen LogP) is 2.88. The van der Waals surface area contributed by atoms with Crippen molar-refractivity contribution in [3.8, 4) is 5.75 Å². The van der Waals surface area contributed by atoms with Gasteiger partial charge in [-0.25, -0.2) is 0 Å². The smallest absolute Gasteiger partial charge is 0.119 e. The third-order valence-electron chi connectivity index (χ3n) is 2.33. The molecular formula is C13H13BrN2O. The molecule has 0 saturated carbocycles. The normalized spacial score (nSPS) is 10.2. The van der Waals surface area contributed by atoms with E-state index >= 15 is 0 Å². The molecule has 0 fully saturated rings. The first-order chi connectivity index (χ1) is 8.28. The van der Waals surface area contributed by atoms with Crippen LogP contribution < -0.4 is 10.5 Å². The van der Waals surface area contributed by atoms with Gasteiger partial charge in [-0.3, -0.25) is 4.98 Å². The van der Waals surface area contributed by atoms with Crippen LogP contribution in [0.2, 0.25) is 0 Å². The summed E-state index contributed by atoms with van der Waals surface area (Å²) in [7, 11) is 0. The van der Waals surface area contributed by atoms with Gasteiger partial charge < -0.3 is 10.5 Å². The molecule has 0 aliphatic carbocycles. The van der Waals surface area contributed by atoms with Crippen molar-refractivity contribution in [2.75, 3.05) is 0 Å². The molecule has 1 heterocycles. The van der Waals surface area contributed by atoms with Crippen molar-refractivity contribution in [1.82, 2.24) is 4.98 Å². The van der Waals surface area contributed by atoms with Crippen LogP contribution in [0.3, 0.4) is 0 Å². The van der Waals surface area contributed by atoms with Gasteiger partial charge in [-0.2, -0.15) is 0 Å². The number of halogens is 1. The molecule has 0 radical (unpaired) electrons. The fourth-order valence-corrected chi connectivity index (χ4v) is 1.84. The number of ether oxygens (including phenoxy) is 1. The lowest BCUT2D eigenvalue weighted by Gasteiger charge is -2.06. The molecule has 0 spiro atoms. The first-order valence-corrected chi connectivity index (χ1v) is 6.08. The second-order valence-electron chi connectivity index (χ2n) is 3.65. The van der Waals surface area contributed by atoms with Gasteiger partial charge in [0, 0.05) is 29.0 Å². The zero-order chi connectivity index (χ0) is 12.1. The zero-order valence-corrected chi connectivity index (χ0v) is 10.9. The Hall–Kier alpha value is -1.39. The molecule has 0 aliphatic rings. The molecule has 1 aromatic heterocycles. The third-order valence-corrected chi connectivity index (χ3v) is 2.76. The molecule has 2 rings (SSSR count). The van der Waals surface area contributed by atoms with Gasteiger partial charge in [0.2, 0.25) is 0 Å². The van der Waals surface area contributed by atoms with Crippen LogP contribution in [0.1, 0.15) is 11.1 Å². The van der Waals surface area contributed by atoms with Gasteiger partial charge in [0.1, 0.15) is 12.4 Å². The fourth-order valence-electron chi connectivity index (χ4n) is 1.42. The lowest BCUT2D eigenvalue weighted by Crippen LogP contribution is -1.98. The summed E-state index contributed by atoms with van der Waals surface area (Å²) in [6.45, 7) is 1.06. The number of rotatable bonds is 4. The van der Waals surface area contributed by atoms with Gasteiger partial charge in [0.25, 0.3) is 0 Å². The molecule has 88 valence electrons. The number of aromatic nitrogens is 1. The maximum Gasteiger partial charge on any atom is 0.119 e. The molecule has 0 atom stereocenters. The second kappa shape index (κ2) is 5.80. The van der Waals surface area contributed by atoms with E-state index in [2.05, 4.69) is 20.9 Å². The van der Waals surface area contributed by atoms with Crippen LogP contribution in [0.15, 0.2) is 47.2 Å². The molecular weight excluding hydrogens is 280 g/mol. The monoisotopic (exact) mass is 292 g/mol. The molecule has 4 heteroatoms. The van der Waals surface area contributed by atoms with Crippen LogP contribution >= 0.6 is 15.9 Å². The minimum atomic E-state index is 0.508. The van der Waals surface area contributed by atoms with Crippen LogP contribution in [0.25, 0.3) is 0 Å². The van der Waals surface area contributed by atoms with Crippen molar-refractivity contribution in [2.24, 2.45) is 5.73 Å². The topological polar surface area (TPSA) is 48.1 Å². The van der Waals surface area contributed by atoms with Gasteiger partial charge >= 0.3 is 0 Å². The number of hydrogen-bond donors (Lipinski definition) is 1. The first kappa shape index (κ1) is 12.1. The molecule has 0 bridgehead atoms. The summed E-state index contributed by atoms with van der Waals surface area (Å²) < 4.78 is 6.60. The van der Waals surface area contributed by atoms with E-state index in [9.17, 15) is 0 Å². The quantitative estimate of drug-likeness (QED) is 0.943. The molecule has 1 aromatic carbocycles. The molecule has 17 heavy (non-hydrogen) atoms. The van der Waals surface area contributed by atoms with E-state index in [0.717, 1.165) is 21.3 Å². The summed E-state index contributed by atoms with van der Waals surface area (Å²) in [5.41, 5.74) is 7.66. The van der Waals surface area contributed by atoms with Crippen LogP contribution in [0.5, 0.6) is 5.75 Å². The SMILES string of the molecule is NCc1ccc(OCc2cncc(Br)c2)cc1. The van der Waals surface area contributed by atoms with E-state index in [0.29, 0.717) is 13.2 Å². The summed E-state index contributed by atoms with van der Waals surface area (Å²) in [4.78, 5) is 4.08. The molecule has 0 amide bonds. The molecule has 0 saturated heterocycles. The number of hydrogen-bond acceptors (Lipinski definition) is 3. The van der Waals surface area contributed by atoms with Gasteiger partial charge in [0.15, 0.2) is 0 Å². The molecule has 3 nitrogen and oxygen atoms in total. The van der Waals surface area contributed by atoms with Crippen LogP contribution in [0, 0.1) is 0 Å². The summed E-state index contributed by atoms with van der Waals surface area (Å²) in [5, 5.41) is 0. The predicted molar refractivity (Wildman–Crippen MR) is 70.6 cm³/mol. The van der Waals surface area contributed by atoms with Crippen LogP contribution in [-0.2, 0) is 13.2 Å². The number of pyridine rings is 1. The summed E-state index contributed by atoms with van der Waals surface area (Å²) in [6, 6.07) is 9.77. The Bertz CT molecular complexity index is 485. The Labute approximate surface area is 109 Å². The van der Waals surface area contributed by atoms with Crippen molar-refractivity contribution in [2.45, 2.75) is 13.2 Å². The Morgan fingerprint density at radius 3 is 2.53 bits per heavy atom. The van der Waals surface area contributed by atoms with E-state index in [1.807, 2.05) is 30.3 Å². The van der Waals surface area contributed by atoms with E-state index in [4.69, 9.17) is 10.5 Å². The first-order valence-electron chi connectivity index (χ1n) is 5.29. The van der Waals surface area contributed by atoms with Crippen molar-refractivity contribution in [3.05, 3.63) is 58.3 Å². The van der Waals surface area contributed by atoms with Crippen molar-refractivity contribution >= 4 is 15.9 Å². The average Bonchev–Trinajstić information content (AvgIpc) is 2.37. The minimum absolute atomic E-state index is 0.508. The highest BCUT2D eigenvalue weighted by Gasteiger charge is 1.97.